The van der Waals surface area contributed by atoms with Crippen molar-refractivity contribution < 1.29 is 19.1 Å². The van der Waals surface area contributed by atoms with Crippen LogP contribution in [-0.4, -0.2) is 17.5 Å². The fourth-order valence-electron chi connectivity index (χ4n) is 1.86. The molecular formula is C17H17ClN2O4. The molecule has 0 saturated carbocycles. The molecule has 2 rings (SSSR count). The average molecular weight is 349 g/mol. The van der Waals surface area contributed by atoms with Crippen molar-refractivity contribution in [3.8, 4) is 0 Å². The van der Waals surface area contributed by atoms with Crippen molar-refractivity contribution >= 4 is 29.2 Å². The molecule has 0 atom stereocenters. The molecule has 0 bridgehead atoms. The molecule has 0 fully saturated rings. The molecule has 1 heterocycles. The van der Waals surface area contributed by atoms with E-state index in [1.165, 1.54) is 18.2 Å². The van der Waals surface area contributed by atoms with E-state index in [1.807, 2.05) is 0 Å². The minimum atomic E-state index is -0.610. The Morgan fingerprint density at radius 3 is 2.50 bits per heavy atom. The van der Waals surface area contributed by atoms with Crippen molar-refractivity contribution in [2.45, 2.75) is 26.4 Å². The van der Waals surface area contributed by atoms with Gasteiger partial charge in [0.25, 0.3) is 11.1 Å². The van der Waals surface area contributed by atoms with E-state index in [-0.39, 0.29) is 10.7 Å². The second-order valence-corrected chi connectivity index (χ2v) is 6.49. The van der Waals surface area contributed by atoms with Crippen molar-refractivity contribution in [1.29, 1.82) is 0 Å². The fraction of sp³-hybridized carbons (Fsp3) is 0.235. The molecule has 24 heavy (non-hydrogen) atoms. The molecule has 0 aliphatic carbocycles. The summed E-state index contributed by atoms with van der Waals surface area (Å²) in [6.07, 6.45) is 1.08. The van der Waals surface area contributed by atoms with Gasteiger partial charge in [-0.2, -0.15) is 4.73 Å². The molecule has 7 heteroatoms. The minimum absolute atomic E-state index is 0.0292. The zero-order valence-corrected chi connectivity index (χ0v) is 14.3. The highest BCUT2D eigenvalue weighted by molar-refractivity contribution is 6.28. The van der Waals surface area contributed by atoms with Gasteiger partial charge >= 0.3 is 5.97 Å². The molecule has 2 aromatic rings. The molecule has 1 aromatic heterocycles. The van der Waals surface area contributed by atoms with Gasteiger partial charge in [-0.1, -0.05) is 6.07 Å². The maximum Gasteiger partial charge on any atom is 0.338 e. The number of nitrogens with one attached hydrogen (secondary N) is 1. The third-order valence-electron chi connectivity index (χ3n) is 2.88. The molecule has 0 spiro atoms. The summed E-state index contributed by atoms with van der Waals surface area (Å²) >= 11 is 5.62. The molecule has 0 aliphatic rings. The summed E-state index contributed by atoms with van der Waals surface area (Å²) in [6.45, 7) is 5.32. The Bertz CT molecular complexity index is 784. The molecule has 1 amide bonds. The van der Waals surface area contributed by atoms with E-state index >= 15 is 0 Å². The van der Waals surface area contributed by atoms with Crippen LogP contribution >= 0.6 is 11.6 Å². The number of amides is 1. The third kappa shape index (κ3) is 4.70. The number of halogens is 1. The smallest absolute Gasteiger partial charge is 0.338 e. The maximum absolute atomic E-state index is 12.2. The van der Waals surface area contributed by atoms with E-state index in [9.17, 15) is 14.8 Å². The monoisotopic (exact) mass is 348 g/mol. The van der Waals surface area contributed by atoms with Crippen molar-refractivity contribution in [2.24, 2.45) is 0 Å². The lowest BCUT2D eigenvalue weighted by molar-refractivity contribution is -0.603. The number of hydrogen-bond donors (Lipinski definition) is 1. The molecule has 0 saturated heterocycles. The number of rotatable bonds is 3. The fourth-order valence-corrected chi connectivity index (χ4v) is 1.97. The minimum Gasteiger partial charge on any atom is -0.618 e. The quantitative estimate of drug-likeness (QED) is 0.399. The van der Waals surface area contributed by atoms with E-state index < -0.39 is 17.5 Å². The second-order valence-electron chi connectivity index (χ2n) is 6.10. The van der Waals surface area contributed by atoms with Gasteiger partial charge < -0.3 is 15.3 Å². The van der Waals surface area contributed by atoms with Crippen LogP contribution in [0, 0.1) is 5.21 Å². The van der Waals surface area contributed by atoms with Crippen molar-refractivity contribution in [1.82, 2.24) is 0 Å². The number of aromatic nitrogens is 1. The van der Waals surface area contributed by atoms with Crippen LogP contribution in [0.15, 0.2) is 42.6 Å². The van der Waals surface area contributed by atoms with Gasteiger partial charge in [0, 0.05) is 11.8 Å². The Morgan fingerprint density at radius 1 is 1.17 bits per heavy atom. The van der Waals surface area contributed by atoms with Crippen LogP contribution < -0.4 is 10.0 Å². The lowest BCUT2D eigenvalue weighted by atomic mass is 10.1. The van der Waals surface area contributed by atoms with Crippen molar-refractivity contribution in [3.63, 3.8) is 0 Å². The lowest BCUT2D eigenvalue weighted by Crippen LogP contribution is -2.29. The van der Waals surface area contributed by atoms with Gasteiger partial charge in [-0.25, -0.2) is 4.79 Å². The van der Waals surface area contributed by atoms with E-state index in [4.69, 9.17) is 16.3 Å². The van der Waals surface area contributed by atoms with Crippen molar-refractivity contribution in [2.75, 3.05) is 5.32 Å². The number of pyridine rings is 1. The average Bonchev–Trinajstić information content (AvgIpc) is 2.48. The van der Waals surface area contributed by atoms with Crippen molar-refractivity contribution in [3.05, 3.63) is 64.1 Å². The van der Waals surface area contributed by atoms with Gasteiger partial charge in [-0.15, -0.1) is 0 Å². The number of carbonyl (C=O) groups is 2. The Balaban J connectivity index is 2.15. The highest BCUT2D eigenvalue weighted by atomic mass is 35.5. The van der Waals surface area contributed by atoms with Gasteiger partial charge in [0.1, 0.15) is 11.2 Å². The highest BCUT2D eigenvalue weighted by Gasteiger charge is 2.18. The summed E-state index contributed by atoms with van der Waals surface area (Å²) in [5.41, 5.74) is 0.270. The topological polar surface area (TPSA) is 82.3 Å². The SMILES string of the molecule is CC(C)(C)OC(=O)c1cccc(NC(=O)c2ccc(Cl)[n+]([O-])c2)c1. The third-order valence-corrected chi connectivity index (χ3v) is 3.18. The first-order valence-corrected chi connectivity index (χ1v) is 7.57. The Labute approximate surface area is 144 Å². The van der Waals surface area contributed by atoms with Crippen LogP contribution in [0.2, 0.25) is 5.15 Å². The van der Waals surface area contributed by atoms with E-state index in [0.29, 0.717) is 16.0 Å². The first-order valence-electron chi connectivity index (χ1n) is 7.19. The molecule has 0 aliphatic heterocycles. The van der Waals surface area contributed by atoms with E-state index in [1.54, 1.807) is 39.0 Å². The molecule has 6 nitrogen and oxygen atoms in total. The normalized spacial score (nSPS) is 11.0. The van der Waals surface area contributed by atoms with Crippen LogP contribution in [0.5, 0.6) is 0 Å². The Hall–Kier alpha value is -2.60. The van der Waals surface area contributed by atoms with E-state index in [0.717, 1.165) is 6.20 Å². The second kappa shape index (κ2) is 6.88. The largest absolute Gasteiger partial charge is 0.618 e. The summed E-state index contributed by atoms with van der Waals surface area (Å²) in [7, 11) is 0. The first kappa shape index (κ1) is 17.7. The van der Waals surface area contributed by atoms with E-state index in [2.05, 4.69) is 5.32 Å². The molecule has 1 aromatic carbocycles. The predicted molar refractivity (Wildman–Crippen MR) is 90.0 cm³/mol. The van der Waals surface area contributed by atoms with Gasteiger partial charge in [0.05, 0.1) is 5.56 Å². The predicted octanol–water partition coefficient (Wildman–Crippen LogP) is 3.18. The van der Waals surface area contributed by atoms with Gasteiger partial charge in [-0.3, -0.25) is 4.79 Å². The summed E-state index contributed by atoms with van der Waals surface area (Å²) in [5, 5.41) is 14.0. The van der Waals surface area contributed by atoms with Crippen LogP contribution in [0.3, 0.4) is 0 Å². The zero-order chi connectivity index (χ0) is 17.9. The molecule has 0 radical (unpaired) electrons. The number of anilines is 1. The highest BCUT2D eigenvalue weighted by Crippen LogP contribution is 2.16. The molecule has 126 valence electrons. The van der Waals surface area contributed by atoms with Crippen LogP contribution in [0.1, 0.15) is 41.5 Å². The summed E-state index contributed by atoms with van der Waals surface area (Å²) in [6, 6.07) is 9.13. The van der Waals surface area contributed by atoms with Crippen LogP contribution in [0.25, 0.3) is 0 Å². The van der Waals surface area contributed by atoms with Gasteiger partial charge in [-0.05, 0) is 56.6 Å². The maximum atomic E-state index is 12.2. The number of nitrogens with zero attached hydrogens (tertiary/aromatic N) is 1. The number of ether oxygens (including phenoxy) is 1. The number of benzene rings is 1. The summed E-state index contributed by atoms with van der Waals surface area (Å²) in [4.78, 5) is 24.2. The Morgan fingerprint density at radius 2 is 1.88 bits per heavy atom. The summed E-state index contributed by atoms with van der Waals surface area (Å²) < 4.78 is 5.68. The van der Waals surface area contributed by atoms with Crippen LogP contribution in [0.4, 0.5) is 5.69 Å². The first-order chi connectivity index (χ1) is 11.2. The number of carbonyl (C=O) groups excluding carboxylic acids is 2. The lowest BCUT2D eigenvalue weighted by Gasteiger charge is -2.19. The molecule has 0 unspecified atom stereocenters. The number of esters is 1. The zero-order valence-electron chi connectivity index (χ0n) is 13.5. The Kier molecular flexibility index (Phi) is 5.09. The van der Waals surface area contributed by atoms with Gasteiger partial charge in [0.15, 0.2) is 6.20 Å². The van der Waals surface area contributed by atoms with Gasteiger partial charge in [0.2, 0.25) is 0 Å². The molecular weight excluding hydrogens is 332 g/mol. The summed E-state index contributed by atoms with van der Waals surface area (Å²) in [5.74, 6) is -0.972. The number of hydrogen-bond acceptors (Lipinski definition) is 4. The molecule has 1 N–H and O–H groups in total. The standard InChI is InChI=1S/C17H17ClN2O4/c1-17(2,3)24-16(22)11-5-4-6-13(9-11)19-15(21)12-7-8-14(18)20(23)10-12/h4-10H,1-3H3,(H,19,21). The van der Waals surface area contributed by atoms with Crippen LogP contribution in [-0.2, 0) is 4.74 Å².